The minimum Gasteiger partial charge on any atom is -0.399 e. The molecule has 0 heterocycles. The van der Waals surface area contributed by atoms with Gasteiger partial charge in [0.2, 0.25) is 10.0 Å². The quantitative estimate of drug-likeness (QED) is 0.455. The molecule has 1 aromatic carbocycles. The third kappa shape index (κ3) is 5.92. The van der Waals surface area contributed by atoms with E-state index < -0.39 is 10.0 Å². The fraction of sp³-hybridized carbons (Fsp3) is 0.400. The lowest BCUT2D eigenvalue weighted by molar-refractivity contribution is 0.364. The van der Waals surface area contributed by atoms with E-state index in [9.17, 15) is 8.42 Å². The van der Waals surface area contributed by atoms with Gasteiger partial charge in [0.05, 0.1) is 5.75 Å². The van der Waals surface area contributed by atoms with Gasteiger partial charge >= 0.3 is 0 Å². The molecule has 3 N–H and O–H groups in total. The Kier molecular flexibility index (Phi) is 5.26. The number of nitrogens with two attached hydrogens (primary N) is 1. The SMILES string of the molecule is CN(C)NS(=O)(=O)CCSc1ccc(N)cc1. The first-order chi connectivity index (χ1) is 7.89. The topological polar surface area (TPSA) is 75.4 Å². The number of thioether (sulfide) groups is 1. The highest BCUT2D eigenvalue weighted by Crippen LogP contribution is 2.19. The zero-order valence-electron chi connectivity index (χ0n) is 9.88. The molecule has 0 atom stereocenters. The van der Waals surface area contributed by atoms with Gasteiger partial charge in [-0.15, -0.1) is 16.6 Å². The average molecular weight is 275 g/mol. The van der Waals surface area contributed by atoms with E-state index in [0.29, 0.717) is 11.4 Å². The van der Waals surface area contributed by atoms with Crippen LogP contribution in [-0.4, -0.2) is 39.0 Å². The zero-order chi connectivity index (χ0) is 12.9. The third-order valence-corrected chi connectivity index (χ3v) is 4.48. The minimum atomic E-state index is -3.23. The number of nitrogens with one attached hydrogen (secondary N) is 1. The zero-order valence-corrected chi connectivity index (χ0v) is 11.5. The summed E-state index contributed by atoms with van der Waals surface area (Å²) in [6, 6.07) is 7.36. The van der Waals surface area contributed by atoms with E-state index in [1.165, 1.54) is 16.8 Å². The van der Waals surface area contributed by atoms with E-state index in [4.69, 9.17) is 5.73 Å². The Morgan fingerprint density at radius 1 is 1.29 bits per heavy atom. The van der Waals surface area contributed by atoms with Crippen LogP contribution in [0.5, 0.6) is 0 Å². The normalized spacial score (nSPS) is 11.9. The van der Waals surface area contributed by atoms with Gasteiger partial charge in [-0.25, -0.2) is 13.4 Å². The van der Waals surface area contributed by atoms with Crippen LogP contribution in [0.25, 0.3) is 0 Å². The van der Waals surface area contributed by atoms with Crippen LogP contribution >= 0.6 is 11.8 Å². The number of nitrogens with zero attached hydrogens (tertiary/aromatic N) is 1. The molecule has 1 rings (SSSR count). The second-order valence-electron chi connectivity index (χ2n) is 3.72. The van der Waals surface area contributed by atoms with Crippen molar-refractivity contribution in [3.63, 3.8) is 0 Å². The lowest BCUT2D eigenvalue weighted by Gasteiger charge is -2.12. The largest absolute Gasteiger partial charge is 0.399 e. The number of rotatable bonds is 6. The Morgan fingerprint density at radius 3 is 2.41 bits per heavy atom. The van der Waals surface area contributed by atoms with Crippen molar-refractivity contribution in [1.82, 2.24) is 9.84 Å². The number of sulfonamides is 1. The maximum atomic E-state index is 11.5. The smallest absolute Gasteiger partial charge is 0.225 e. The number of hydrogen-bond donors (Lipinski definition) is 2. The highest BCUT2D eigenvalue weighted by atomic mass is 32.2. The number of nitrogen functional groups attached to an aromatic ring is 1. The summed E-state index contributed by atoms with van der Waals surface area (Å²) in [5, 5.41) is 1.42. The molecular formula is C10H17N3O2S2. The van der Waals surface area contributed by atoms with E-state index in [0.717, 1.165) is 4.90 Å². The standard InChI is InChI=1S/C10H17N3O2S2/c1-13(2)12-17(14,15)8-7-16-10-5-3-9(11)4-6-10/h3-6,12H,7-8,11H2,1-2H3. The summed E-state index contributed by atoms with van der Waals surface area (Å²) in [6.07, 6.45) is 0. The van der Waals surface area contributed by atoms with Crippen molar-refractivity contribution < 1.29 is 8.42 Å². The number of benzene rings is 1. The minimum absolute atomic E-state index is 0.0836. The van der Waals surface area contributed by atoms with Crippen LogP contribution in [0.1, 0.15) is 0 Å². The molecule has 0 aliphatic heterocycles. The van der Waals surface area contributed by atoms with Crippen molar-refractivity contribution in [2.24, 2.45) is 0 Å². The first kappa shape index (κ1) is 14.3. The Labute approximate surface area is 106 Å². The summed E-state index contributed by atoms with van der Waals surface area (Å²) in [7, 11) is 0.0583. The predicted molar refractivity (Wildman–Crippen MR) is 72.2 cm³/mol. The Bertz CT molecular complexity index is 443. The van der Waals surface area contributed by atoms with Crippen LogP contribution in [-0.2, 0) is 10.0 Å². The van der Waals surface area contributed by atoms with Gasteiger partial charge in [-0.1, -0.05) is 0 Å². The highest BCUT2D eigenvalue weighted by molar-refractivity contribution is 8.00. The van der Waals surface area contributed by atoms with Gasteiger partial charge in [0, 0.05) is 30.4 Å². The van der Waals surface area contributed by atoms with Gasteiger partial charge in [-0.05, 0) is 24.3 Å². The molecule has 0 amide bonds. The molecule has 17 heavy (non-hydrogen) atoms. The maximum absolute atomic E-state index is 11.5. The summed E-state index contributed by atoms with van der Waals surface area (Å²) in [5.41, 5.74) is 6.26. The fourth-order valence-corrected chi connectivity index (χ4v) is 3.58. The Hall–Kier alpha value is -0.760. The van der Waals surface area contributed by atoms with Gasteiger partial charge in [-0.2, -0.15) is 0 Å². The van der Waals surface area contributed by atoms with Crippen LogP contribution in [0.4, 0.5) is 5.69 Å². The summed E-state index contributed by atoms with van der Waals surface area (Å²) in [5.74, 6) is 0.591. The molecule has 5 nitrogen and oxygen atoms in total. The molecule has 0 saturated carbocycles. The molecule has 1 aromatic rings. The maximum Gasteiger partial charge on any atom is 0.225 e. The van der Waals surface area contributed by atoms with Crippen molar-refractivity contribution in [2.45, 2.75) is 4.90 Å². The van der Waals surface area contributed by atoms with Crippen LogP contribution in [0.3, 0.4) is 0 Å². The Morgan fingerprint density at radius 2 is 1.88 bits per heavy atom. The second-order valence-corrected chi connectivity index (χ2v) is 6.71. The highest BCUT2D eigenvalue weighted by Gasteiger charge is 2.10. The van der Waals surface area contributed by atoms with E-state index in [1.54, 1.807) is 26.2 Å². The van der Waals surface area contributed by atoms with Crippen molar-refractivity contribution in [2.75, 3.05) is 31.3 Å². The fourth-order valence-electron chi connectivity index (χ4n) is 1.16. The molecule has 0 saturated heterocycles. The molecule has 0 aromatic heterocycles. The third-order valence-electron chi connectivity index (χ3n) is 1.82. The Balaban J connectivity index is 2.40. The summed E-state index contributed by atoms with van der Waals surface area (Å²) in [4.78, 5) is 3.40. The number of hydrogen-bond acceptors (Lipinski definition) is 5. The molecule has 0 aliphatic rings. The molecule has 0 bridgehead atoms. The molecular weight excluding hydrogens is 258 g/mol. The molecule has 0 aliphatic carbocycles. The van der Waals surface area contributed by atoms with Crippen LogP contribution in [0.2, 0.25) is 0 Å². The van der Waals surface area contributed by atoms with E-state index >= 15 is 0 Å². The second kappa shape index (κ2) is 6.25. The van der Waals surface area contributed by atoms with Gasteiger partial charge in [0.25, 0.3) is 0 Å². The molecule has 0 radical (unpaired) electrons. The van der Waals surface area contributed by atoms with E-state index in [1.807, 2.05) is 12.1 Å². The molecule has 96 valence electrons. The first-order valence-electron chi connectivity index (χ1n) is 5.05. The lowest BCUT2D eigenvalue weighted by atomic mass is 10.3. The summed E-state index contributed by atoms with van der Waals surface area (Å²) >= 11 is 1.49. The summed E-state index contributed by atoms with van der Waals surface area (Å²) in [6.45, 7) is 0. The number of anilines is 1. The van der Waals surface area contributed by atoms with Gasteiger partial charge in [0.1, 0.15) is 0 Å². The molecule has 0 unspecified atom stereocenters. The molecule has 0 fully saturated rings. The molecule has 0 spiro atoms. The van der Waals surface area contributed by atoms with E-state index in [2.05, 4.69) is 4.83 Å². The van der Waals surface area contributed by atoms with Crippen LogP contribution < -0.4 is 10.6 Å². The van der Waals surface area contributed by atoms with Crippen LogP contribution in [0, 0.1) is 0 Å². The van der Waals surface area contributed by atoms with Crippen molar-refractivity contribution in [3.05, 3.63) is 24.3 Å². The van der Waals surface area contributed by atoms with Gasteiger partial charge in [0.15, 0.2) is 0 Å². The average Bonchev–Trinajstić information content (AvgIpc) is 2.18. The molecule has 7 heteroatoms. The van der Waals surface area contributed by atoms with Gasteiger partial charge < -0.3 is 5.73 Å². The monoisotopic (exact) mass is 275 g/mol. The summed E-state index contributed by atoms with van der Waals surface area (Å²) < 4.78 is 23.0. The van der Waals surface area contributed by atoms with Crippen molar-refractivity contribution >= 4 is 27.5 Å². The van der Waals surface area contributed by atoms with Crippen LogP contribution in [0.15, 0.2) is 29.2 Å². The number of hydrazine groups is 1. The van der Waals surface area contributed by atoms with Crippen molar-refractivity contribution in [1.29, 1.82) is 0 Å². The lowest BCUT2D eigenvalue weighted by Crippen LogP contribution is -2.38. The predicted octanol–water partition coefficient (Wildman–Crippen LogP) is 0.757. The van der Waals surface area contributed by atoms with Crippen molar-refractivity contribution in [3.8, 4) is 0 Å². The first-order valence-corrected chi connectivity index (χ1v) is 7.68. The van der Waals surface area contributed by atoms with E-state index in [-0.39, 0.29) is 5.75 Å². The van der Waals surface area contributed by atoms with Gasteiger partial charge in [-0.3, -0.25) is 0 Å².